The van der Waals surface area contributed by atoms with Crippen LogP contribution < -0.4 is 0 Å². The molecule has 0 spiro atoms. The number of carbonyl (C=O) groups excluding carboxylic acids is 2. The number of likely N-dealkylation sites (tertiary alicyclic amines) is 1. The summed E-state index contributed by atoms with van der Waals surface area (Å²) >= 11 is 0. The molecule has 2 heterocycles. The Hall–Kier alpha value is -1.61. The Morgan fingerprint density at radius 2 is 2.14 bits per heavy atom. The van der Waals surface area contributed by atoms with Gasteiger partial charge in [-0.05, 0) is 32.6 Å². The molecule has 2 saturated heterocycles. The first-order valence-corrected chi connectivity index (χ1v) is 7.58. The second-order valence-corrected chi connectivity index (χ2v) is 5.65. The number of nitrogens with zero attached hydrogens (tertiary/aromatic N) is 2. The maximum absolute atomic E-state index is 12.7. The van der Waals surface area contributed by atoms with E-state index in [-0.39, 0.29) is 17.8 Å². The van der Waals surface area contributed by atoms with Gasteiger partial charge in [0.2, 0.25) is 5.91 Å². The summed E-state index contributed by atoms with van der Waals surface area (Å²) in [6, 6.07) is 2.20. The number of ether oxygens (including phenoxy) is 2. The first-order chi connectivity index (χ1) is 10.1. The number of hydrogen-bond acceptors (Lipinski definition) is 5. The van der Waals surface area contributed by atoms with Gasteiger partial charge in [-0.15, -0.1) is 0 Å². The van der Waals surface area contributed by atoms with Crippen molar-refractivity contribution in [2.24, 2.45) is 11.3 Å². The van der Waals surface area contributed by atoms with E-state index >= 15 is 0 Å². The molecule has 2 aliphatic heterocycles. The van der Waals surface area contributed by atoms with Gasteiger partial charge in [0.05, 0.1) is 18.6 Å². The van der Waals surface area contributed by atoms with Gasteiger partial charge < -0.3 is 14.4 Å². The van der Waals surface area contributed by atoms with Gasteiger partial charge in [0, 0.05) is 26.3 Å². The molecule has 0 radical (unpaired) electrons. The molecule has 1 unspecified atom stereocenters. The molecule has 2 rings (SSSR count). The van der Waals surface area contributed by atoms with Crippen LogP contribution in [0.5, 0.6) is 0 Å². The molecule has 0 aliphatic carbocycles. The van der Waals surface area contributed by atoms with Crippen LogP contribution in [0.2, 0.25) is 0 Å². The average molecular weight is 294 g/mol. The van der Waals surface area contributed by atoms with Crippen molar-refractivity contribution in [1.82, 2.24) is 4.90 Å². The number of carbonyl (C=O) groups is 2. The van der Waals surface area contributed by atoms with Crippen LogP contribution in [0.4, 0.5) is 0 Å². The lowest BCUT2D eigenvalue weighted by Crippen LogP contribution is -2.50. The van der Waals surface area contributed by atoms with E-state index in [0.717, 1.165) is 12.8 Å². The van der Waals surface area contributed by atoms with Crippen LogP contribution >= 0.6 is 0 Å². The fourth-order valence-electron chi connectivity index (χ4n) is 3.01. The standard InChI is InChI=1S/C15H22N2O4/c1-2-21-13(18)12-4-3-7-17(10-12)14(19)15(11-16)5-8-20-9-6-15/h12H,2-10H2,1H3. The molecular weight excluding hydrogens is 272 g/mol. The SMILES string of the molecule is CCOC(=O)C1CCCN(C(=O)C2(C#N)CCOCC2)C1. The van der Waals surface area contributed by atoms with E-state index in [1.807, 2.05) is 0 Å². The molecule has 0 N–H and O–H groups in total. The zero-order valence-electron chi connectivity index (χ0n) is 12.5. The highest BCUT2D eigenvalue weighted by atomic mass is 16.5. The Balaban J connectivity index is 2.04. The van der Waals surface area contributed by atoms with Crippen LogP contribution in [0.3, 0.4) is 0 Å². The molecule has 6 heteroatoms. The Morgan fingerprint density at radius 3 is 2.76 bits per heavy atom. The predicted molar refractivity (Wildman–Crippen MR) is 74.0 cm³/mol. The van der Waals surface area contributed by atoms with Gasteiger partial charge in [0.1, 0.15) is 5.41 Å². The number of amides is 1. The molecule has 1 atom stereocenters. The summed E-state index contributed by atoms with van der Waals surface area (Å²) in [5.74, 6) is -0.659. The molecule has 0 saturated carbocycles. The highest BCUT2D eigenvalue weighted by Gasteiger charge is 2.44. The minimum Gasteiger partial charge on any atom is -0.466 e. The van der Waals surface area contributed by atoms with Gasteiger partial charge in [0.15, 0.2) is 0 Å². The zero-order chi connectivity index (χ0) is 15.3. The summed E-state index contributed by atoms with van der Waals surface area (Å²) in [5, 5.41) is 9.46. The van der Waals surface area contributed by atoms with E-state index < -0.39 is 5.41 Å². The lowest BCUT2D eigenvalue weighted by Gasteiger charge is -2.38. The molecule has 21 heavy (non-hydrogen) atoms. The molecule has 6 nitrogen and oxygen atoms in total. The minimum atomic E-state index is -0.977. The quantitative estimate of drug-likeness (QED) is 0.728. The molecule has 2 aliphatic rings. The van der Waals surface area contributed by atoms with Crippen molar-refractivity contribution in [3.8, 4) is 6.07 Å². The predicted octanol–water partition coefficient (Wildman–Crippen LogP) is 1.11. The normalized spacial score (nSPS) is 25.0. The molecule has 0 aromatic heterocycles. The van der Waals surface area contributed by atoms with Crippen LogP contribution in [0, 0.1) is 22.7 Å². The van der Waals surface area contributed by atoms with Crippen LogP contribution in [0.1, 0.15) is 32.6 Å². The number of rotatable bonds is 3. The first kappa shape index (κ1) is 15.8. The molecule has 0 bridgehead atoms. The highest BCUT2D eigenvalue weighted by molar-refractivity contribution is 5.86. The van der Waals surface area contributed by atoms with Gasteiger partial charge >= 0.3 is 5.97 Å². The van der Waals surface area contributed by atoms with Crippen molar-refractivity contribution in [2.75, 3.05) is 32.9 Å². The summed E-state index contributed by atoms with van der Waals surface area (Å²) in [4.78, 5) is 26.2. The number of piperidine rings is 1. The van der Waals surface area contributed by atoms with Crippen molar-refractivity contribution in [3.05, 3.63) is 0 Å². The Labute approximate surface area is 125 Å². The smallest absolute Gasteiger partial charge is 0.310 e. The largest absolute Gasteiger partial charge is 0.466 e. The first-order valence-electron chi connectivity index (χ1n) is 7.58. The molecular formula is C15H22N2O4. The van der Waals surface area contributed by atoms with Crippen molar-refractivity contribution in [2.45, 2.75) is 32.6 Å². The fraction of sp³-hybridized carbons (Fsp3) is 0.800. The van der Waals surface area contributed by atoms with Gasteiger partial charge in [-0.2, -0.15) is 5.26 Å². The zero-order valence-corrected chi connectivity index (χ0v) is 12.5. The molecule has 0 aromatic rings. The highest BCUT2D eigenvalue weighted by Crippen LogP contribution is 2.33. The van der Waals surface area contributed by atoms with E-state index in [1.54, 1.807) is 11.8 Å². The van der Waals surface area contributed by atoms with Crippen molar-refractivity contribution < 1.29 is 19.1 Å². The second kappa shape index (κ2) is 6.90. The Morgan fingerprint density at radius 1 is 1.43 bits per heavy atom. The summed E-state index contributed by atoms with van der Waals surface area (Å²) in [6.07, 6.45) is 2.38. The maximum atomic E-state index is 12.7. The fourth-order valence-corrected chi connectivity index (χ4v) is 3.01. The topological polar surface area (TPSA) is 79.6 Å². The van der Waals surface area contributed by atoms with Gasteiger partial charge in [-0.25, -0.2) is 0 Å². The van der Waals surface area contributed by atoms with Crippen LogP contribution in [-0.2, 0) is 19.1 Å². The number of esters is 1. The van der Waals surface area contributed by atoms with E-state index in [9.17, 15) is 14.9 Å². The molecule has 116 valence electrons. The van der Waals surface area contributed by atoms with Crippen LogP contribution in [0.15, 0.2) is 0 Å². The van der Waals surface area contributed by atoms with Crippen LogP contribution in [-0.4, -0.2) is 49.7 Å². The summed E-state index contributed by atoms with van der Waals surface area (Å²) in [5.41, 5.74) is -0.977. The van der Waals surface area contributed by atoms with Crippen molar-refractivity contribution in [1.29, 1.82) is 5.26 Å². The monoisotopic (exact) mass is 294 g/mol. The third kappa shape index (κ3) is 3.35. The third-order valence-corrected chi connectivity index (χ3v) is 4.30. The summed E-state index contributed by atoms with van der Waals surface area (Å²) in [7, 11) is 0. The van der Waals surface area contributed by atoms with Gasteiger partial charge in [0.25, 0.3) is 0 Å². The van der Waals surface area contributed by atoms with E-state index in [0.29, 0.717) is 45.8 Å². The van der Waals surface area contributed by atoms with Crippen molar-refractivity contribution >= 4 is 11.9 Å². The third-order valence-electron chi connectivity index (χ3n) is 4.30. The number of nitriles is 1. The maximum Gasteiger partial charge on any atom is 0.310 e. The lowest BCUT2D eigenvalue weighted by atomic mass is 9.79. The number of hydrogen-bond donors (Lipinski definition) is 0. The summed E-state index contributed by atoms with van der Waals surface area (Å²) in [6.45, 7) is 3.98. The van der Waals surface area contributed by atoms with E-state index in [4.69, 9.17) is 9.47 Å². The summed E-state index contributed by atoms with van der Waals surface area (Å²) < 4.78 is 10.3. The minimum absolute atomic E-state index is 0.151. The molecule has 2 fully saturated rings. The van der Waals surface area contributed by atoms with Gasteiger partial charge in [-0.1, -0.05) is 0 Å². The van der Waals surface area contributed by atoms with E-state index in [1.165, 1.54) is 0 Å². The van der Waals surface area contributed by atoms with Crippen LogP contribution in [0.25, 0.3) is 0 Å². The average Bonchev–Trinajstić information content (AvgIpc) is 2.55. The van der Waals surface area contributed by atoms with E-state index in [2.05, 4.69) is 6.07 Å². The van der Waals surface area contributed by atoms with Crippen molar-refractivity contribution in [3.63, 3.8) is 0 Å². The molecule has 1 amide bonds. The second-order valence-electron chi connectivity index (χ2n) is 5.65. The molecule has 0 aromatic carbocycles. The Kier molecular flexibility index (Phi) is 5.18. The van der Waals surface area contributed by atoms with Gasteiger partial charge in [-0.3, -0.25) is 9.59 Å². The lowest BCUT2D eigenvalue weighted by molar-refractivity contribution is -0.154. The Bertz CT molecular complexity index is 437.